The van der Waals surface area contributed by atoms with Gasteiger partial charge in [0.1, 0.15) is 6.33 Å². The molecule has 18 heavy (non-hydrogen) atoms. The number of hydrogen-bond acceptors (Lipinski definition) is 6. The number of aryl methyl sites for hydroxylation is 1. The fraction of sp³-hybridized carbons (Fsp3) is 0.111. The highest BCUT2D eigenvalue weighted by atomic mass is 19.1. The van der Waals surface area contributed by atoms with Gasteiger partial charge in [0.2, 0.25) is 5.95 Å². The molecular formula is C9H10FN7O. The number of hydrazine groups is 1. The second-order valence-corrected chi connectivity index (χ2v) is 3.33. The Labute approximate surface area is 101 Å². The largest absolute Gasteiger partial charge is 0.306 e. The third-order valence-corrected chi connectivity index (χ3v) is 2.21. The Kier molecular flexibility index (Phi) is 3.15. The van der Waals surface area contributed by atoms with Crippen LogP contribution in [0.5, 0.6) is 0 Å². The molecule has 2 heterocycles. The SMILES string of the molecule is Cn1ncnc1NC(=O)c1ccnc(NN)c1F. The summed E-state index contributed by atoms with van der Waals surface area (Å²) >= 11 is 0. The van der Waals surface area contributed by atoms with Gasteiger partial charge in [0, 0.05) is 13.2 Å². The Balaban J connectivity index is 2.27. The van der Waals surface area contributed by atoms with E-state index in [1.54, 1.807) is 7.05 Å². The molecule has 4 N–H and O–H groups in total. The first kappa shape index (κ1) is 11.9. The molecule has 0 aliphatic carbocycles. The Hall–Kier alpha value is -2.55. The topological polar surface area (TPSA) is 111 Å². The van der Waals surface area contributed by atoms with Crippen molar-refractivity contribution < 1.29 is 9.18 Å². The summed E-state index contributed by atoms with van der Waals surface area (Å²) in [5.74, 6) is 3.57. The Morgan fingerprint density at radius 2 is 2.28 bits per heavy atom. The van der Waals surface area contributed by atoms with Gasteiger partial charge in [-0.1, -0.05) is 0 Å². The molecule has 0 aliphatic rings. The van der Waals surface area contributed by atoms with E-state index in [4.69, 9.17) is 5.84 Å². The summed E-state index contributed by atoms with van der Waals surface area (Å²) in [7, 11) is 1.60. The van der Waals surface area contributed by atoms with E-state index < -0.39 is 11.7 Å². The quantitative estimate of drug-likeness (QED) is 0.518. The first-order valence-electron chi connectivity index (χ1n) is 4.90. The van der Waals surface area contributed by atoms with Crippen LogP contribution in [0, 0.1) is 5.82 Å². The summed E-state index contributed by atoms with van der Waals surface area (Å²) in [5.41, 5.74) is 1.87. The molecule has 0 fully saturated rings. The van der Waals surface area contributed by atoms with Crippen molar-refractivity contribution in [2.24, 2.45) is 12.9 Å². The van der Waals surface area contributed by atoms with Crippen LogP contribution in [0.4, 0.5) is 16.2 Å². The molecule has 0 spiro atoms. The second-order valence-electron chi connectivity index (χ2n) is 3.33. The fourth-order valence-corrected chi connectivity index (χ4v) is 1.30. The number of nitrogens with zero attached hydrogens (tertiary/aromatic N) is 4. The number of halogens is 1. The Bertz CT molecular complexity index is 582. The number of aromatic nitrogens is 4. The maximum Gasteiger partial charge on any atom is 0.261 e. The van der Waals surface area contributed by atoms with E-state index in [2.05, 4.69) is 25.8 Å². The average Bonchev–Trinajstić information content (AvgIpc) is 2.75. The van der Waals surface area contributed by atoms with Gasteiger partial charge in [-0.25, -0.2) is 19.9 Å². The zero-order valence-electron chi connectivity index (χ0n) is 9.38. The number of nitrogens with one attached hydrogen (secondary N) is 2. The highest BCUT2D eigenvalue weighted by Crippen LogP contribution is 2.15. The maximum absolute atomic E-state index is 13.7. The predicted octanol–water partition coefficient (Wildman–Crippen LogP) is -0.113. The number of carbonyl (C=O) groups excluding carboxylic acids is 1. The molecule has 0 unspecified atom stereocenters. The lowest BCUT2D eigenvalue weighted by atomic mass is 10.2. The Morgan fingerprint density at radius 1 is 1.50 bits per heavy atom. The molecule has 1 amide bonds. The molecule has 2 aromatic rings. The second kappa shape index (κ2) is 4.75. The molecule has 8 nitrogen and oxygen atoms in total. The summed E-state index contributed by atoms with van der Waals surface area (Å²) in [6.45, 7) is 0. The molecule has 94 valence electrons. The minimum Gasteiger partial charge on any atom is -0.306 e. The van der Waals surface area contributed by atoms with E-state index in [1.807, 2.05) is 0 Å². The summed E-state index contributed by atoms with van der Waals surface area (Å²) < 4.78 is 15.1. The average molecular weight is 251 g/mol. The highest BCUT2D eigenvalue weighted by Gasteiger charge is 2.17. The van der Waals surface area contributed by atoms with E-state index in [0.717, 1.165) is 0 Å². The predicted molar refractivity (Wildman–Crippen MR) is 61.0 cm³/mol. The zero-order valence-corrected chi connectivity index (χ0v) is 9.38. The van der Waals surface area contributed by atoms with Crippen LogP contribution in [0.3, 0.4) is 0 Å². The fourth-order valence-electron chi connectivity index (χ4n) is 1.30. The van der Waals surface area contributed by atoms with Crippen molar-refractivity contribution in [2.75, 3.05) is 10.7 Å². The van der Waals surface area contributed by atoms with E-state index in [0.29, 0.717) is 0 Å². The molecule has 9 heteroatoms. The molecule has 0 atom stereocenters. The van der Waals surface area contributed by atoms with Crippen molar-refractivity contribution in [1.29, 1.82) is 0 Å². The molecule has 0 radical (unpaired) electrons. The molecule has 2 rings (SSSR count). The summed E-state index contributed by atoms with van der Waals surface area (Å²) in [5, 5.41) is 6.18. The molecule has 2 aromatic heterocycles. The monoisotopic (exact) mass is 251 g/mol. The molecule has 0 saturated heterocycles. The zero-order chi connectivity index (χ0) is 13.1. The van der Waals surface area contributed by atoms with Crippen molar-refractivity contribution in [3.8, 4) is 0 Å². The van der Waals surface area contributed by atoms with Crippen LogP contribution in [0.15, 0.2) is 18.6 Å². The van der Waals surface area contributed by atoms with E-state index in [9.17, 15) is 9.18 Å². The first-order valence-corrected chi connectivity index (χ1v) is 4.90. The number of nitrogens with two attached hydrogens (primary N) is 1. The van der Waals surface area contributed by atoms with Gasteiger partial charge >= 0.3 is 0 Å². The molecule has 0 aliphatic heterocycles. The Morgan fingerprint density at radius 3 is 2.89 bits per heavy atom. The molecule has 0 saturated carbocycles. The van der Waals surface area contributed by atoms with Crippen LogP contribution in [0.2, 0.25) is 0 Å². The van der Waals surface area contributed by atoms with Gasteiger partial charge < -0.3 is 5.43 Å². The van der Waals surface area contributed by atoms with Gasteiger partial charge in [-0.15, -0.1) is 0 Å². The van der Waals surface area contributed by atoms with Crippen molar-refractivity contribution in [1.82, 2.24) is 19.7 Å². The minimum atomic E-state index is -0.834. The van der Waals surface area contributed by atoms with Crippen LogP contribution < -0.4 is 16.6 Å². The summed E-state index contributed by atoms with van der Waals surface area (Å²) in [6.07, 6.45) is 2.54. The number of anilines is 2. The van der Waals surface area contributed by atoms with Crippen molar-refractivity contribution in [2.45, 2.75) is 0 Å². The standard InChI is InChI=1S/C9H10FN7O/c1-17-9(13-4-14-17)15-8(18)5-2-3-12-7(16-11)6(5)10/h2-4H,11H2,1H3,(H,12,16)(H,13,14,15,18). The minimum absolute atomic E-state index is 0.194. The van der Waals surface area contributed by atoms with Gasteiger partial charge in [-0.2, -0.15) is 10.1 Å². The number of hydrogen-bond donors (Lipinski definition) is 3. The van der Waals surface area contributed by atoms with Gasteiger partial charge in [0.15, 0.2) is 11.6 Å². The van der Waals surface area contributed by atoms with Gasteiger partial charge in [-0.3, -0.25) is 10.1 Å². The van der Waals surface area contributed by atoms with Crippen molar-refractivity contribution in [3.63, 3.8) is 0 Å². The maximum atomic E-state index is 13.7. The van der Waals surface area contributed by atoms with Crippen molar-refractivity contribution >= 4 is 17.7 Å². The summed E-state index contributed by atoms with van der Waals surface area (Å²) in [6, 6.07) is 1.24. The molecule has 0 aromatic carbocycles. The third kappa shape index (κ3) is 2.11. The lowest BCUT2D eigenvalue weighted by Crippen LogP contribution is -2.19. The lowest BCUT2D eigenvalue weighted by molar-refractivity contribution is 0.102. The van der Waals surface area contributed by atoms with Crippen LogP contribution in [-0.2, 0) is 7.05 Å². The lowest BCUT2D eigenvalue weighted by Gasteiger charge is -2.07. The van der Waals surface area contributed by atoms with Crippen LogP contribution in [0.25, 0.3) is 0 Å². The smallest absolute Gasteiger partial charge is 0.261 e. The highest BCUT2D eigenvalue weighted by molar-refractivity contribution is 6.03. The first-order chi connectivity index (χ1) is 8.63. The molecular weight excluding hydrogens is 241 g/mol. The summed E-state index contributed by atoms with van der Waals surface area (Å²) in [4.78, 5) is 19.2. The van der Waals surface area contributed by atoms with E-state index in [1.165, 1.54) is 23.3 Å². The van der Waals surface area contributed by atoms with Crippen molar-refractivity contribution in [3.05, 3.63) is 30.0 Å². The van der Waals surface area contributed by atoms with Crippen LogP contribution in [0.1, 0.15) is 10.4 Å². The van der Waals surface area contributed by atoms with E-state index in [-0.39, 0.29) is 17.3 Å². The number of rotatable bonds is 3. The normalized spacial score (nSPS) is 10.2. The van der Waals surface area contributed by atoms with Gasteiger partial charge in [0.25, 0.3) is 5.91 Å². The number of carbonyl (C=O) groups is 1. The van der Waals surface area contributed by atoms with Crippen LogP contribution >= 0.6 is 0 Å². The molecule has 0 bridgehead atoms. The van der Waals surface area contributed by atoms with Crippen LogP contribution in [-0.4, -0.2) is 25.7 Å². The number of nitrogen functional groups attached to an aromatic ring is 1. The number of amides is 1. The van der Waals surface area contributed by atoms with Gasteiger partial charge in [-0.05, 0) is 6.07 Å². The van der Waals surface area contributed by atoms with E-state index >= 15 is 0 Å². The van der Waals surface area contributed by atoms with Gasteiger partial charge in [0.05, 0.1) is 5.56 Å². The number of pyridine rings is 1. The third-order valence-electron chi connectivity index (χ3n) is 2.21.